The number of piperidine rings is 1. The van der Waals surface area contributed by atoms with Crippen LogP contribution in [0.5, 0.6) is 0 Å². The molecular weight excluding hydrogens is 312 g/mol. The minimum Gasteiger partial charge on any atom is -0.459 e. The molecule has 3 rings (SSSR count). The van der Waals surface area contributed by atoms with Crippen LogP contribution in [0.4, 0.5) is 0 Å². The lowest BCUT2D eigenvalue weighted by molar-refractivity contribution is -0.139. The van der Waals surface area contributed by atoms with Crippen LogP contribution in [0.2, 0.25) is 0 Å². The van der Waals surface area contributed by atoms with Gasteiger partial charge < -0.3 is 9.32 Å². The van der Waals surface area contributed by atoms with E-state index in [4.69, 9.17) is 10.8 Å². The number of rotatable bonds is 5. The van der Waals surface area contributed by atoms with Gasteiger partial charge in [0.15, 0.2) is 0 Å². The Bertz CT molecular complexity index is 733. The van der Waals surface area contributed by atoms with Gasteiger partial charge in [-0.15, -0.1) is 6.42 Å². The second-order valence-electron chi connectivity index (χ2n) is 6.74. The van der Waals surface area contributed by atoms with Crippen molar-refractivity contribution in [3.63, 3.8) is 0 Å². The Balaban J connectivity index is 1.70. The summed E-state index contributed by atoms with van der Waals surface area (Å²) in [6.45, 7) is 7.24. The van der Waals surface area contributed by atoms with Gasteiger partial charge in [-0.2, -0.15) is 0 Å². The summed E-state index contributed by atoms with van der Waals surface area (Å²) in [5.41, 5.74) is 0.871. The second kappa shape index (κ2) is 7.76. The van der Waals surface area contributed by atoms with Crippen molar-refractivity contribution < 1.29 is 9.21 Å². The summed E-state index contributed by atoms with van der Waals surface area (Å²) in [6.07, 6.45) is 7.14. The molecule has 1 amide bonds. The van der Waals surface area contributed by atoms with Crippen LogP contribution in [0.15, 0.2) is 34.7 Å². The first-order chi connectivity index (χ1) is 12.1. The highest BCUT2D eigenvalue weighted by molar-refractivity contribution is 5.80. The van der Waals surface area contributed by atoms with Gasteiger partial charge in [0.25, 0.3) is 0 Å². The van der Waals surface area contributed by atoms with Crippen molar-refractivity contribution in [1.29, 1.82) is 0 Å². The maximum absolute atomic E-state index is 13.0. The average Bonchev–Trinajstić information content (AvgIpc) is 3.07. The van der Waals surface area contributed by atoms with Gasteiger partial charge in [-0.05, 0) is 51.9 Å². The first kappa shape index (κ1) is 17.6. The van der Waals surface area contributed by atoms with Crippen LogP contribution in [0.25, 0.3) is 11.0 Å². The van der Waals surface area contributed by atoms with Gasteiger partial charge in [-0.25, -0.2) is 0 Å². The zero-order valence-corrected chi connectivity index (χ0v) is 15.1. The number of carbonyl (C=O) groups excluding carboxylic acids is 1. The summed E-state index contributed by atoms with van der Waals surface area (Å²) in [5, 5.41) is 1.08. The average molecular weight is 338 g/mol. The number of fused-ring (bicyclic) bond motifs is 1. The Morgan fingerprint density at radius 3 is 2.76 bits per heavy atom. The van der Waals surface area contributed by atoms with E-state index in [2.05, 4.69) is 10.8 Å². The van der Waals surface area contributed by atoms with Crippen molar-refractivity contribution in [2.75, 3.05) is 26.2 Å². The number of hydrogen-bond donors (Lipinski definition) is 0. The van der Waals surface area contributed by atoms with Crippen molar-refractivity contribution in [1.82, 2.24) is 9.80 Å². The SMILES string of the molecule is C#CCN1CCC(C(=O)N(CC)C(C)c2cc3ccccc3o2)CC1. The van der Waals surface area contributed by atoms with E-state index in [1.54, 1.807) is 0 Å². The van der Waals surface area contributed by atoms with E-state index < -0.39 is 0 Å². The molecule has 1 aliphatic rings. The fraction of sp³-hybridized carbons (Fsp3) is 0.476. The number of benzene rings is 1. The number of para-hydroxylation sites is 1. The smallest absolute Gasteiger partial charge is 0.226 e. The van der Waals surface area contributed by atoms with Gasteiger partial charge in [-0.3, -0.25) is 9.69 Å². The van der Waals surface area contributed by atoms with Crippen molar-refractivity contribution in [2.45, 2.75) is 32.7 Å². The van der Waals surface area contributed by atoms with Gasteiger partial charge in [0.2, 0.25) is 5.91 Å². The Labute approximate surface area is 149 Å². The minimum atomic E-state index is -0.0614. The quantitative estimate of drug-likeness (QED) is 0.780. The zero-order valence-electron chi connectivity index (χ0n) is 15.1. The van der Waals surface area contributed by atoms with Gasteiger partial charge in [0, 0.05) is 17.8 Å². The lowest BCUT2D eigenvalue weighted by Gasteiger charge is -2.35. The summed E-state index contributed by atoms with van der Waals surface area (Å²) in [5.74, 6) is 3.85. The molecule has 1 atom stereocenters. The molecule has 132 valence electrons. The fourth-order valence-corrected chi connectivity index (χ4v) is 3.68. The molecule has 0 saturated carbocycles. The van der Waals surface area contributed by atoms with Crippen molar-refractivity contribution in [3.8, 4) is 12.3 Å². The summed E-state index contributed by atoms with van der Waals surface area (Å²) in [6, 6.07) is 9.95. The monoisotopic (exact) mass is 338 g/mol. The van der Waals surface area contributed by atoms with Crippen molar-refractivity contribution >= 4 is 16.9 Å². The molecule has 1 aromatic carbocycles. The molecule has 0 spiro atoms. The minimum absolute atomic E-state index is 0.0614. The third-order valence-corrected chi connectivity index (χ3v) is 5.20. The molecule has 1 aromatic heterocycles. The molecule has 1 saturated heterocycles. The molecule has 2 heterocycles. The molecule has 25 heavy (non-hydrogen) atoms. The van der Waals surface area contributed by atoms with Gasteiger partial charge in [0.05, 0.1) is 12.6 Å². The van der Waals surface area contributed by atoms with Crippen LogP contribution in [-0.4, -0.2) is 41.9 Å². The van der Waals surface area contributed by atoms with Crippen LogP contribution in [0.3, 0.4) is 0 Å². The molecule has 0 aliphatic carbocycles. The highest BCUT2D eigenvalue weighted by atomic mass is 16.3. The number of carbonyl (C=O) groups is 1. The summed E-state index contributed by atoms with van der Waals surface area (Å²) >= 11 is 0. The third kappa shape index (κ3) is 3.72. The lowest BCUT2D eigenvalue weighted by atomic mass is 9.94. The normalized spacial score (nSPS) is 17.3. The summed E-state index contributed by atoms with van der Waals surface area (Å²) in [7, 11) is 0. The summed E-state index contributed by atoms with van der Waals surface area (Å²) < 4.78 is 5.97. The Hall–Kier alpha value is -2.25. The van der Waals surface area contributed by atoms with E-state index in [9.17, 15) is 4.79 Å². The highest BCUT2D eigenvalue weighted by Crippen LogP contribution is 2.30. The number of furan rings is 1. The third-order valence-electron chi connectivity index (χ3n) is 5.20. The van der Waals surface area contributed by atoms with Crippen LogP contribution in [-0.2, 0) is 4.79 Å². The topological polar surface area (TPSA) is 36.7 Å². The van der Waals surface area contributed by atoms with Gasteiger partial charge >= 0.3 is 0 Å². The largest absolute Gasteiger partial charge is 0.459 e. The van der Waals surface area contributed by atoms with Crippen molar-refractivity contribution in [3.05, 3.63) is 36.1 Å². The highest BCUT2D eigenvalue weighted by Gasteiger charge is 2.31. The van der Waals surface area contributed by atoms with Crippen molar-refractivity contribution in [2.24, 2.45) is 5.92 Å². The first-order valence-corrected chi connectivity index (χ1v) is 9.08. The van der Waals surface area contributed by atoms with Crippen LogP contribution in [0.1, 0.15) is 38.5 Å². The van der Waals surface area contributed by atoms with E-state index in [0.717, 1.165) is 42.7 Å². The standard InChI is InChI=1S/C21H26N2O2/c1-4-12-22-13-10-17(11-14-22)21(24)23(5-2)16(3)20-15-18-8-6-7-9-19(18)25-20/h1,6-9,15-17H,5,10-14H2,2-3H3. The summed E-state index contributed by atoms with van der Waals surface area (Å²) in [4.78, 5) is 17.2. The molecule has 4 heteroatoms. The predicted octanol–water partition coefficient (Wildman–Crippen LogP) is 3.69. The molecule has 1 fully saturated rings. The van der Waals surface area contributed by atoms with Crippen LogP contribution >= 0.6 is 0 Å². The molecule has 0 bridgehead atoms. The molecule has 0 radical (unpaired) electrons. The Kier molecular flexibility index (Phi) is 5.45. The Morgan fingerprint density at radius 2 is 2.12 bits per heavy atom. The molecule has 2 aromatic rings. The zero-order chi connectivity index (χ0) is 17.8. The molecule has 1 unspecified atom stereocenters. The number of amides is 1. The Morgan fingerprint density at radius 1 is 1.40 bits per heavy atom. The molecule has 0 N–H and O–H groups in total. The molecular formula is C21H26N2O2. The number of nitrogens with zero attached hydrogens (tertiary/aromatic N) is 2. The second-order valence-corrected chi connectivity index (χ2v) is 6.74. The molecule has 4 nitrogen and oxygen atoms in total. The van der Waals surface area contributed by atoms with Gasteiger partial charge in [0.1, 0.15) is 11.3 Å². The van der Waals surface area contributed by atoms with E-state index in [-0.39, 0.29) is 17.9 Å². The maximum atomic E-state index is 13.0. The maximum Gasteiger partial charge on any atom is 0.226 e. The fourth-order valence-electron chi connectivity index (χ4n) is 3.68. The molecule has 1 aliphatic heterocycles. The van der Waals surface area contributed by atoms with Crippen LogP contribution in [0, 0.1) is 18.3 Å². The first-order valence-electron chi connectivity index (χ1n) is 9.08. The predicted molar refractivity (Wildman–Crippen MR) is 100 cm³/mol. The van der Waals surface area contributed by atoms with E-state index >= 15 is 0 Å². The van der Waals surface area contributed by atoms with E-state index in [1.807, 2.05) is 49.1 Å². The van der Waals surface area contributed by atoms with E-state index in [0.29, 0.717) is 13.1 Å². The van der Waals surface area contributed by atoms with E-state index in [1.165, 1.54) is 0 Å². The van der Waals surface area contributed by atoms with Gasteiger partial charge in [-0.1, -0.05) is 24.1 Å². The number of hydrogen-bond acceptors (Lipinski definition) is 3. The number of terminal acetylenes is 1. The number of likely N-dealkylation sites (tertiary alicyclic amines) is 1. The van der Waals surface area contributed by atoms with Crippen LogP contribution < -0.4 is 0 Å². The lowest BCUT2D eigenvalue weighted by Crippen LogP contribution is -2.43.